The largest absolute Gasteiger partial charge is 0.438 e. The van der Waals surface area contributed by atoms with E-state index in [0.29, 0.717) is 17.7 Å². The number of aromatic nitrogens is 2. The first-order valence-corrected chi connectivity index (χ1v) is 6.93. The molecule has 0 fully saturated rings. The topological polar surface area (TPSA) is 47.0 Å². The van der Waals surface area contributed by atoms with Crippen LogP contribution in [0.1, 0.15) is 37.3 Å². The van der Waals surface area contributed by atoms with Gasteiger partial charge in [-0.1, -0.05) is 32.0 Å². The van der Waals surface area contributed by atoms with Crippen LogP contribution in [-0.4, -0.2) is 17.0 Å². The SMILES string of the molecule is CCC(C)c1ccccc1Oc1nc(NC)ncc1C. The maximum Gasteiger partial charge on any atom is 0.226 e. The van der Waals surface area contributed by atoms with Crippen molar-refractivity contribution >= 4 is 5.95 Å². The third kappa shape index (κ3) is 3.07. The molecule has 2 rings (SSSR count). The maximum atomic E-state index is 6.01. The van der Waals surface area contributed by atoms with Crippen molar-refractivity contribution in [3.8, 4) is 11.6 Å². The summed E-state index contributed by atoms with van der Waals surface area (Å²) in [4.78, 5) is 8.54. The zero-order valence-electron chi connectivity index (χ0n) is 12.5. The van der Waals surface area contributed by atoms with Crippen LogP contribution in [0.25, 0.3) is 0 Å². The summed E-state index contributed by atoms with van der Waals surface area (Å²) in [6.45, 7) is 6.32. The van der Waals surface area contributed by atoms with Gasteiger partial charge in [0.15, 0.2) is 0 Å². The summed E-state index contributed by atoms with van der Waals surface area (Å²) in [6.07, 6.45) is 2.84. The Morgan fingerprint density at radius 2 is 2.05 bits per heavy atom. The zero-order chi connectivity index (χ0) is 14.5. The Bertz CT molecular complexity index is 584. The highest BCUT2D eigenvalue weighted by molar-refractivity contribution is 5.41. The molecule has 0 saturated heterocycles. The van der Waals surface area contributed by atoms with Gasteiger partial charge in [0, 0.05) is 18.8 Å². The predicted octanol–water partition coefficient (Wildman–Crippen LogP) is 4.13. The van der Waals surface area contributed by atoms with Gasteiger partial charge in [-0.3, -0.25) is 0 Å². The Balaban J connectivity index is 2.35. The fourth-order valence-corrected chi connectivity index (χ4v) is 1.95. The number of hydrogen-bond donors (Lipinski definition) is 1. The summed E-state index contributed by atoms with van der Waals surface area (Å²) in [5.41, 5.74) is 2.13. The normalized spacial score (nSPS) is 12.0. The fourth-order valence-electron chi connectivity index (χ4n) is 1.95. The van der Waals surface area contributed by atoms with E-state index in [4.69, 9.17) is 4.74 Å². The quantitative estimate of drug-likeness (QED) is 0.888. The van der Waals surface area contributed by atoms with Gasteiger partial charge in [-0.05, 0) is 30.9 Å². The number of ether oxygens (including phenoxy) is 1. The summed E-state index contributed by atoms with van der Waals surface area (Å²) in [7, 11) is 1.79. The van der Waals surface area contributed by atoms with Crippen LogP contribution in [0.4, 0.5) is 5.95 Å². The van der Waals surface area contributed by atoms with Gasteiger partial charge in [-0.25, -0.2) is 4.98 Å². The van der Waals surface area contributed by atoms with Crippen LogP contribution in [0, 0.1) is 6.92 Å². The molecule has 106 valence electrons. The van der Waals surface area contributed by atoms with E-state index in [1.54, 1.807) is 13.2 Å². The van der Waals surface area contributed by atoms with Crippen molar-refractivity contribution in [1.29, 1.82) is 0 Å². The fraction of sp³-hybridized carbons (Fsp3) is 0.375. The molecule has 1 atom stereocenters. The molecular weight excluding hydrogens is 250 g/mol. The molecule has 20 heavy (non-hydrogen) atoms. The number of nitrogens with one attached hydrogen (secondary N) is 1. The van der Waals surface area contributed by atoms with Crippen LogP contribution < -0.4 is 10.1 Å². The smallest absolute Gasteiger partial charge is 0.226 e. The first-order valence-electron chi connectivity index (χ1n) is 6.93. The second-order valence-corrected chi connectivity index (χ2v) is 4.88. The lowest BCUT2D eigenvalue weighted by Gasteiger charge is -2.16. The summed E-state index contributed by atoms with van der Waals surface area (Å²) in [5.74, 6) is 2.48. The van der Waals surface area contributed by atoms with Crippen molar-refractivity contribution in [2.75, 3.05) is 12.4 Å². The third-order valence-corrected chi connectivity index (χ3v) is 3.42. The lowest BCUT2D eigenvalue weighted by Crippen LogP contribution is -2.01. The summed E-state index contributed by atoms with van der Waals surface area (Å²) in [5, 5.41) is 2.93. The molecule has 4 nitrogen and oxygen atoms in total. The second kappa shape index (κ2) is 6.37. The molecule has 0 aliphatic heterocycles. The van der Waals surface area contributed by atoms with E-state index in [2.05, 4.69) is 35.2 Å². The minimum absolute atomic E-state index is 0.456. The monoisotopic (exact) mass is 271 g/mol. The predicted molar refractivity (Wildman–Crippen MR) is 81.5 cm³/mol. The van der Waals surface area contributed by atoms with E-state index in [-0.39, 0.29) is 0 Å². The Kier molecular flexibility index (Phi) is 4.56. The molecule has 2 aromatic rings. The van der Waals surface area contributed by atoms with Crippen LogP contribution in [-0.2, 0) is 0 Å². The molecule has 0 radical (unpaired) electrons. The lowest BCUT2D eigenvalue weighted by molar-refractivity contribution is 0.448. The molecule has 0 aliphatic rings. The van der Waals surface area contributed by atoms with Crippen LogP contribution in [0.15, 0.2) is 30.5 Å². The third-order valence-electron chi connectivity index (χ3n) is 3.42. The minimum Gasteiger partial charge on any atom is -0.438 e. The van der Waals surface area contributed by atoms with Crippen molar-refractivity contribution in [1.82, 2.24) is 9.97 Å². The average Bonchev–Trinajstić information content (AvgIpc) is 2.49. The van der Waals surface area contributed by atoms with E-state index in [1.807, 2.05) is 25.1 Å². The molecule has 0 aliphatic carbocycles. The Morgan fingerprint density at radius 1 is 1.30 bits per heavy atom. The van der Waals surface area contributed by atoms with Gasteiger partial charge in [0.25, 0.3) is 0 Å². The second-order valence-electron chi connectivity index (χ2n) is 4.88. The van der Waals surface area contributed by atoms with E-state index in [9.17, 15) is 0 Å². The molecule has 0 amide bonds. The van der Waals surface area contributed by atoms with Crippen LogP contribution in [0.2, 0.25) is 0 Å². The van der Waals surface area contributed by atoms with Crippen LogP contribution >= 0.6 is 0 Å². The highest BCUT2D eigenvalue weighted by Crippen LogP contribution is 2.32. The number of benzene rings is 1. The molecule has 1 aromatic carbocycles. The van der Waals surface area contributed by atoms with Gasteiger partial charge in [0.05, 0.1) is 0 Å². The maximum absolute atomic E-state index is 6.01. The zero-order valence-corrected chi connectivity index (χ0v) is 12.5. The number of nitrogens with zero attached hydrogens (tertiary/aromatic N) is 2. The Hall–Kier alpha value is -2.10. The van der Waals surface area contributed by atoms with E-state index in [0.717, 1.165) is 17.7 Å². The average molecular weight is 271 g/mol. The van der Waals surface area contributed by atoms with E-state index in [1.165, 1.54) is 5.56 Å². The van der Waals surface area contributed by atoms with Crippen LogP contribution in [0.5, 0.6) is 11.6 Å². The molecule has 1 unspecified atom stereocenters. The summed E-state index contributed by atoms with van der Waals surface area (Å²) in [6, 6.07) is 8.12. The Morgan fingerprint density at radius 3 is 2.75 bits per heavy atom. The van der Waals surface area contributed by atoms with Gasteiger partial charge in [-0.2, -0.15) is 4.98 Å². The number of hydrogen-bond acceptors (Lipinski definition) is 4. The molecule has 0 spiro atoms. The number of para-hydroxylation sites is 1. The van der Waals surface area contributed by atoms with Gasteiger partial charge < -0.3 is 10.1 Å². The van der Waals surface area contributed by atoms with Crippen LogP contribution in [0.3, 0.4) is 0 Å². The molecule has 4 heteroatoms. The number of rotatable bonds is 5. The van der Waals surface area contributed by atoms with E-state index >= 15 is 0 Å². The highest BCUT2D eigenvalue weighted by Gasteiger charge is 2.12. The van der Waals surface area contributed by atoms with Crippen molar-refractivity contribution < 1.29 is 4.74 Å². The molecule has 1 heterocycles. The van der Waals surface area contributed by atoms with Gasteiger partial charge in [-0.15, -0.1) is 0 Å². The number of anilines is 1. The minimum atomic E-state index is 0.456. The molecule has 1 N–H and O–H groups in total. The van der Waals surface area contributed by atoms with E-state index < -0.39 is 0 Å². The van der Waals surface area contributed by atoms with Crippen molar-refractivity contribution in [3.05, 3.63) is 41.6 Å². The molecule has 0 saturated carbocycles. The van der Waals surface area contributed by atoms with Crippen molar-refractivity contribution in [2.24, 2.45) is 0 Å². The van der Waals surface area contributed by atoms with Crippen molar-refractivity contribution in [3.63, 3.8) is 0 Å². The van der Waals surface area contributed by atoms with Gasteiger partial charge >= 0.3 is 0 Å². The summed E-state index contributed by atoms with van der Waals surface area (Å²) >= 11 is 0. The van der Waals surface area contributed by atoms with Gasteiger partial charge in [0.1, 0.15) is 5.75 Å². The molecule has 1 aromatic heterocycles. The Labute approximate surface area is 120 Å². The highest BCUT2D eigenvalue weighted by atomic mass is 16.5. The first kappa shape index (κ1) is 14.3. The first-order chi connectivity index (χ1) is 9.65. The number of aryl methyl sites for hydroxylation is 1. The van der Waals surface area contributed by atoms with Gasteiger partial charge in [0.2, 0.25) is 11.8 Å². The standard InChI is InChI=1S/C16H21N3O/c1-5-11(2)13-8-6-7-9-14(13)20-15-12(3)10-18-16(17-4)19-15/h6-11H,5H2,1-4H3,(H,17,18,19). The molecule has 0 bridgehead atoms. The lowest BCUT2D eigenvalue weighted by atomic mass is 9.98. The summed E-state index contributed by atoms with van der Waals surface area (Å²) < 4.78 is 6.01. The molecular formula is C16H21N3O. The van der Waals surface area contributed by atoms with Crippen molar-refractivity contribution in [2.45, 2.75) is 33.1 Å².